The molecular formula is C18H15NO4S. The maximum absolute atomic E-state index is 12.1. The number of amides is 1. The van der Waals surface area contributed by atoms with Crippen molar-refractivity contribution in [3.63, 3.8) is 0 Å². The van der Waals surface area contributed by atoms with E-state index in [9.17, 15) is 14.7 Å². The van der Waals surface area contributed by atoms with Crippen molar-refractivity contribution in [1.82, 2.24) is 0 Å². The van der Waals surface area contributed by atoms with Gasteiger partial charge >= 0.3 is 5.97 Å². The molecular weight excluding hydrogens is 326 g/mol. The second-order valence-electron chi connectivity index (χ2n) is 5.39. The van der Waals surface area contributed by atoms with Gasteiger partial charge in [-0.1, -0.05) is 18.2 Å². The van der Waals surface area contributed by atoms with Crippen molar-refractivity contribution in [2.24, 2.45) is 0 Å². The number of rotatable bonds is 4. The van der Waals surface area contributed by atoms with E-state index in [1.54, 1.807) is 11.4 Å². The molecule has 0 aliphatic rings. The predicted molar refractivity (Wildman–Crippen MR) is 92.8 cm³/mol. The second kappa shape index (κ2) is 6.33. The molecule has 0 unspecified atom stereocenters. The highest BCUT2D eigenvalue weighted by Gasteiger charge is 2.22. The zero-order valence-electron chi connectivity index (χ0n) is 13.1. The fourth-order valence-corrected chi connectivity index (χ4v) is 3.31. The van der Waals surface area contributed by atoms with Gasteiger partial charge in [-0.15, -0.1) is 11.3 Å². The average Bonchev–Trinajstić information content (AvgIpc) is 3.19. The smallest absolute Gasteiger partial charge is 0.339 e. The number of furan rings is 1. The van der Waals surface area contributed by atoms with E-state index in [1.807, 2.05) is 32.0 Å². The first kappa shape index (κ1) is 16.0. The Morgan fingerprint density at radius 2 is 1.96 bits per heavy atom. The quantitative estimate of drug-likeness (QED) is 0.728. The molecule has 0 saturated carbocycles. The Morgan fingerprint density at radius 3 is 2.58 bits per heavy atom. The van der Waals surface area contributed by atoms with Gasteiger partial charge in [0.15, 0.2) is 5.76 Å². The summed E-state index contributed by atoms with van der Waals surface area (Å²) in [6.07, 6.45) is 1.39. The van der Waals surface area contributed by atoms with Gasteiger partial charge in [-0.3, -0.25) is 4.79 Å². The summed E-state index contributed by atoms with van der Waals surface area (Å²) in [4.78, 5) is 23.8. The zero-order chi connectivity index (χ0) is 17.3. The summed E-state index contributed by atoms with van der Waals surface area (Å²) in [7, 11) is 0. The molecule has 5 nitrogen and oxygen atoms in total. The molecule has 3 rings (SSSR count). The van der Waals surface area contributed by atoms with Crippen molar-refractivity contribution in [2.45, 2.75) is 13.8 Å². The fraction of sp³-hybridized carbons (Fsp3) is 0.111. The lowest BCUT2D eigenvalue weighted by molar-refractivity contribution is 0.0699. The van der Waals surface area contributed by atoms with Gasteiger partial charge in [0.05, 0.1) is 6.26 Å². The third-order valence-corrected chi connectivity index (χ3v) is 4.69. The van der Waals surface area contributed by atoms with E-state index in [-0.39, 0.29) is 16.3 Å². The van der Waals surface area contributed by atoms with Crippen LogP contribution >= 0.6 is 11.3 Å². The Morgan fingerprint density at radius 1 is 1.17 bits per heavy atom. The number of aromatic carboxylic acids is 1. The number of aryl methyl sites for hydroxylation is 2. The Balaban J connectivity index is 2.00. The van der Waals surface area contributed by atoms with E-state index in [0.29, 0.717) is 5.56 Å². The molecule has 1 amide bonds. The molecule has 0 spiro atoms. The van der Waals surface area contributed by atoms with Crippen LogP contribution in [0.3, 0.4) is 0 Å². The summed E-state index contributed by atoms with van der Waals surface area (Å²) in [5, 5.41) is 14.2. The van der Waals surface area contributed by atoms with Crippen LogP contribution in [0.4, 0.5) is 5.00 Å². The Bertz CT molecular complexity index is 909. The van der Waals surface area contributed by atoms with Crippen molar-refractivity contribution in [3.8, 4) is 11.1 Å². The number of hydrogen-bond donors (Lipinski definition) is 2. The van der Waals surface area contributed by atoms with E-state index in [0.717, 1.165) is 16.7 Å². The zero-order valence-corrected chi connectivity index (χ0v) is 13.9. The van der Waals surface area contributed by atoms with E-state index in [1.165, 1.54) is 23.7 Å². The van der Waals surface area contributed by atoms with E-state index < -0.39 is 11.9 Å². The first-order valence-electron chi connectivity index (χ1n) is 7.24. The van der Waals surface area contributed by atoms with Gasteiger partial charge in [-0.2, -0.15) is 0 Å². The number of carboxylic acids is 1. The molecule has 0 radical (unpaired) electrons. The minimum Gasteiger partial charge on any atom is -0.478 e. The number of benzene rings is 1. The number of carbonyl (C=O) groups is 2. The van der Waals surface area contributed by atoms with Crippen LogP contribution in [0.15, 0.2) is 46.4 Å². The van der Waals surface area contributed by atoms with Gasteiger partial charge in [0.2, 0.25) is 0 Å². The number of carbonyl (C=O) groups excluding carboxylic acids is 1. The summed E-state index contributed by atoms with van der Waals surface area (Å²) in [5.41, 5.74) is 3.70. The maximum Gasteiger partial charge on any atom is 0.339 e. The molecule has 0 fully saturated rings. The third-order valence-electron chi connectivity index (χ3n) is 3.79. The van der Waals surface area contributed by atoms with E-state index in [4.69, 9.17) is 4.42 Å². The van der Waals surface area contributed by atoms with Gasteiger partial charge in [0.1, 0.15) is 10.6 Å². The van der Waals surface area contributed by atoms with Gasteiger partial charge in [-0.05, 0) is 42.7 Å². The topological polar surface area (TPSA) is 79.5 Å². The highest BCUT2D eigenvalue weighted by molar-refractivity contribution is 7.15. The van der Waals surface area contributed by atoms with Gasteiger partial charge in [0, 0.05) is 10.9 Å². The predicted octanol–water partition coefficient (Wildman–Crippen LogP) is 4.58. The number of thiophene rings is 1. The van der Waals surface area contributed by atoms with Gasteiger partial charge in [-0.25, -0.2) is 4.79 Å². The summed E-state index contributed by atoms with van der Waals surface area (Å²) in [6, 6.07) is 8.90. The first-order chi connectivity index (χ1) is 11.5. The lowest BCUT2D eigenvalue weighted by atomic mass is 9.99. The number of nitrogens with one attached hydrogen (secondary N) is 1. The summed E-state index contributed by atoms with van der Waals surface area (Å²) >= 11 is 1.18. The van der Waals surface area contributed by atoms with Crippen LogP contribution < -0.4 is 5.32 Å². The minimum absolute atomic E-state index is 0.0863. The largest absolute Gasteiger partial charge is 0.478 e. The molecule has 24 heavy (non-hydrogen) atoms. The van der Waals surface area contributed by atoms with Crippen LogP contribution in [0.25, 0.3) is 11.1 Å². The molecule has 0 atom stereocenters. The van der Waals surface area contributed by atoms with Crippen molar-refractivity contribution >= 4 is 28.2 Å². The van der Waals surface area contributed by atoms with Gasteiger partial charge < -0.3 is 14.8 Å². The number of anilines is 1. The van der Waals surface area contributed by atoms with Crippen LogP contribution in [0.5, 0.6) is 0 Å². The Kier molecular flexibility index (Phi) is 4.22. The van der Waals surface area contributed by atoms with Crippen molar-refractivity contribution in [2.75, 3.05) is 5.32 Å². The van der Waals surface area contributed by atoms with E-state index in [2.05, 4.69) is 5.32 Å². The molecule has 0 bridgehead atoms. The molecule has 1 aromatic carbocycles. The highest BCUT2D eigenvalue weighted by atomic mass is 32.1. The molecule has 2 aromatic heterocycles. The van der Waals surface area contributed by atoms with Crippen LogP contribution in [0.2, 0.25) is 0 Å². The molecule has 0 saturated heterocycles. The Labute approximate surface area is 142 Å². The monoisotopic (exact) mass is 341 g/mol. The summed E-state index contributed by atoms with van der Waals surface area (Å²) < 4.78 is 5.03. The summed E-state index contributed by atoms with van der Waals surface area (Å²) in [6.45, 7) is 3.98. The fourth-order valence-electron chi connectivity index (χ4n) is 2.36. The molecule has 0 aliphatic heterocycles. The summed E-state index contributed by atoms with van der Waals surface area (Å²) in [5.74, 6) is -1.43. The van der Waals surface area contributed by atoms with Crippen LogP contribution in [0, 0.1) is 13.8 Å². The standard InChI is InChI=1S/C18H15NO4S/c1-10-5-6-12(8-11(10)2)13-9-24-17(15(13)18(21)22)19-16(20)14-4-3-7-23-14/h3-9H,1-2H3,(H,19,20)(H,21,22). The molecule has 0 aliphatic carbocycles. The highest BCUT2D eigenvalue weighted by Crippen LogP contribution is 2.36. The average molecular weight is 341 g/mol. The van der Waals surface area contributed by atoms with Crippen LogP contribution in [-0.4, -0.2) is 17.0 Å². The molecule has 122 valence electrons. The molecule has 2 heterocycles. The first-order valence-corrected chi connectivity index (χ1v) is 8.12. The number of carboxylic acid groups (broad SMARTS) is 1. The lowest BCUT2D eigenvalue weighted by Gasteiger charge is -2.07. The van der Waals surface area contributed by atoms with Crippen LogP contribution in [-0.2, 0) is 0 Å². The molecule has 3 aromatic rings. The lowest BCUT2D eigenvalue weighted by Crippen LogP contribution is -2.12. The van der Waals surface area contributed by atoms with E-state index >= 15 is 0 Å². The minimum atomic E-state index is -1.08. The molecule has 6 heteroatoms. The van der Waals surface area contributed by atoms with Crippen molar-refractivity contribution in [3.05, 3.63) is 64.4 Å². The van der Waals surface area contributed by atoms with Crippen molar-refractivity contribution in [1.29, 1.82) is 0 Å². The normalized spacial score (nSPS) is 10.6. The number of hydrogen-bond acceptors (Lipinski definition) is 4. The SMILES string of the molecule is Cc1ccc(-c2csc(NC(=O)c3ccco3)c2C(=O)O)cc1C. The van der Waals surface area contributed by atoms with Gasteiger partial charge in [0.25, 0.3) is 5.91 Å². The van der Waals surface area contributed by atoms with Crippen molar-refractivity contribution < 1.29 is 19.1 Å². The third kappa shape index (κ3) is 2.96. The Hall–Kier alpha value is -2.86. The maximum atomic E-state index is 12.1. The molecule has 2 N–H and O–H groups in total. The van der Waals surface area contributed by atoms with Crippen LogP contribution in [0.1, 0.15) is 32.0 Å². The second-order valence-corrected chi connectivity index (χ2v) is 6.27.